The maximum atomic E-state index is 10.0. The van der Waals surface area contributed by atoms with Crippen molar-refractivity contribution in [2.75, 3.05) is 12.4 Å². The first-order valence-electron chi connectivity index (χ1n) is 7.47. The molecule has 0 aliphatic rings. The number of benzene rings is 1. The molecule has 25 heavy (non-hydrogen) atoms. The third-order valence-corrected chi connectivity index (χ3v) is 4.28. The predicted octanol–water partition coefficient (Wildman–Crippen LogP) is 3.04. The molecule has 0 spiro atoms. The Morgan fingerprint density at radius 1 is 1.28 bits per heavy atom. The Labute approximate surface area is 148 Å². The molecular formula is C17H15N3O4S. The molecule has 0 saturated carbocycles. The molecule has 0 fully saturated rings. The smallest absolute Gasteiger partial charge is 0.276 e. The van der Waals surface area contributed by atoms with Gasteiger partial charge in [-0.3, -0.25) is 0 Å². The molecule has 2 aromatic heterocycles. The molecule has 1 unspecified atom stereocenters. The lowest BCUT2D eigenvalue weighted by Crippen LogP contribution is -2.20. The van der Waals surface area contributed by atoms with Crippen LogP contribution in [-0.2, 0) is 0 Å². The number of aliphatic hydroxyl groups is 1. The lowest BCUT2D eigenvalue weighted by atomic mass is 10.2. The minimum atomic E-state index is -0.702. The van der Waals surface area contributed by atoms with E-state index in [0.717, 1.165) is 5.56 Å². The van der Waals surface area contributed by atoms with Crippen LogP contribution in [0.15, 0.2) is 50.7 Å². The van der Waals surface area contributed by atoms with E-state index in [4.69, 9.17) is 18.8 Å². The molecule has 2 heterocycles. The van der Waals surface area contributed by atoms with Crippen molar-refractivity contribution in [1.82, 2.24) is 10.2 Å². The molecule has 7 nitrogen and oxygen atoms in total. The summed E-state index contributed by atoms with van der Waals surface area (Å²) >= 11 is 1.25. The van der Waals surface area contributed by atoms with E-state index in [1.807, 2.05) is 13.0 Å². The number of aliphatic hydroxyl groups excluding tert-OH is 1. The molecule has 0 amide bonds. The normalized spacial score (nSPS) is 11.9. The van der Waals surface area contributed by atoms with Crippen molar-refractivity contribution in [3.05, 3.63) is 47.9 Å². The highest BCUT2D eigenvalue weighted by molar-refractivity contribution is 7.99. The van der Waals surface area contributed by atoms with E-state index in [9.17, 15) is 5.11 Å². The first kappa shape index (κ1) is 17.1. The number of hydrogen-bond acceptors (Lipinski definition) is 8. The van der Waals surface area contributed by atoms with E-state index in [2.05, 4.69) is 10.2 Å². The third-order valence-electron chi connectivity index (χ3n) is 3.32. The number of thioether (sulfide) groups is 1. The standard InChI is InChI=1S/C17H15N3O4S/c1-11-15(6-7-22-11)16-19-20-17(24-16)25-10-13(21)9-23-14-4-2-12(8-18)3-5-14/h2-7,13,21H,9-10H2,1H3. The molecule has 0 radical (unpaired) electrons. The number of furan rings is 1. The summed E-state index contributed by atoms with van der Waals surface area (Å²) in [6.45, 7) is 1.94. The van der Waals surface area contributed by atoms with E-state index in [1.54, 1.807) is 36.6 Å². The Morgan fingerprint density at radius 2 is 2.08 bits per heavy atom. The van der Waals surface area contributed by atoms with Gasteiger partial charge in [-0.15, -0.1) is 10.2 Å². The topological polar surface area (TPSA) is 105 Å². The Balaban J connectivity index is 1.47. The molecule has 1 aromatic carbocycles. The average Bonchev–Trinajstić information content (AvgIpc) is 3.27. The van der Waals surface area contributed by atoms with Crippen LogP contribution in [0, 0.1) is 18.3 Å². The van der Waals surface area contributed by atoms with Gasteiger partial charge < -0.3 is 18.7 Å². The molecule has 0 saturated heterocycles. The second-order valence-corrected chi connectivity index (χ2v) is 6.15. The number of nitriles is 1. The van der Waals surface area contributed by atoms with Crippen LogP contribution in [0.3, 0.4) is 0 Å². The van der Waals surface area contributed by atoms with E-state index in [1.165, 1.54) is 11.8 Å². The summed E-state index contributed by atoms with van der Waals surface area (Å²) in [7, 11) is 0. The molecule has 128 valence electrons. The Hall–Kier alpha value is -2.76. The van der Waals surface area contributed by atoms with Gasteiger partial charge in [-0.05, 0) is 37.3 Å². The Bertz CT molecular complexity index is 867. The monoisotopic (exact) mass is 357 g/mol. The largest absolute Gasteiger partial charge is 0.491 e. The zero-order chi connectivity index (χ0) is 17.6. The van der Waals surface area contributed by atoms with E-state index in [0.29, 0.717) is 33.9 Å². The number of aromatic nitrogens is 2. The average molecular weight is 357 g/mol. The van der Waals surface area contributed by atoms with Gasteiger partial charge >= 0.3 is 0 Å². The van der Waals surface area contributed by atoms with Crippen LogP contribution < -0.4 is 4.74 Å². The van der Waals surface area contributed by atoms with Gasteiger partial charge in [0.05, 0.1) is 29.6 Å². The van der Waals surface area contributed by atoms with Crippen LogP contribution in [0.2, 0.25) is 0 Å². The molecule has 8 heteroatoms. The molecule has 3 rings (SSSR count). The summed E-state index contributed by atoms with van der Waals surface area (Å²) in [5.74, 6) is 2.04. The highest BCUT2D eigenvalue weighted by atomic mass is 32.2. The molecule has 0 aliphatic carbocycles. The van der Waals surface area contributed by atoms with Crippen molar-refractivity contribution in [1.29, 1.82) is 5.26 Å². The highest BCUT2D eigenvalue weighted by Gasteiger charge is 2.15. The maximum absolute atomic E-state index is 10.0. The van der Waals surface area contributed by atoms with Crippen LogP contribution in [0.1, 0.15) is 11.3 Å². The van der Waals surface area contributed by atoms with Crippen molar-refractivity contribution in [2.24, 2.45) is 0 Å². The number of ether oxygens (including phenoxy) is 1. The second-order valence-electron chi connectivity index (χ2n) is 5.18. The van der Waals surface area contributed by atoms with E-state index in [-0.39, 0.29) is 6.61 Å². The van der Waals surface area contributed by atoms with Gasteiger partial charge in [-0.1, -0.05) is 11.8 Å². The van der Waals surface area contributed by atoms with Crippen LogP contribution in [-0.4, -0.2) is 33.8 Å². The van der Waals surface area contributed by atoms with Gasteiger partial charge in [0.15, 0.2) is 0 Å². The fourth-order valence-corrected chi connectivity index (χ4v) is 2.69. The lowest BCUT2D eigenvalue weighted by molar-refractivity contribution is 0.126. The summed E-state index contributed by atoms with van der Waals surface area (Å²) in [6, 6.07) is 10.5. The van der Waals surface area contributed by atoms with E-state index >= 15 is 0 Å². The minimum absolute atomic E-state index is 0.126. The van der Waals surface area contributed by atoms with Crippen LogP contribution in [0.4, 0.5) is 0 Å². The number of hydrogen-bond donors (Lipinski definition) is 1. The van der Waals surface area contributed by atoms with Gasteiger partial charge in [-0.2, -0.15) is 5.26 Å². The van der Waals surface area contributed by atoms with Crippen molar-refractivity contribution in [2.45, 2.75) is 18.3 Å². The number of nitrogens with zero attached hydrogens (tertiary/aromatic N) is 3. The number of aryl methyl sites for hydroxylation is 1. The van der Waals surface area contributed by atoms with Gasteiger partial charge in [0, 0.05) is 5.75 Å². The zero-order valence-electron chi connectivity index (χ0n) is 13.4. The first-order chi connectivity index (χ1) is 12.2. The molecule has 0 bridgehead atoms. The Kier molecular flexibility index (Phi) is 5.38. The second kappa shape index (κ2) is 7.88. The Morgan fingerprint density at radius 3 is 2.76 bits per heavy atom. The van der Waals surface area contributed by atoms with Crippen molar-refractivity contribution >= 4 is 11.8 Å². The SMILES string of the molecule is Cc1occc1-c1nnc(SCC(O)COc2ccc(C#N)cc2)o1. The number of rotatable bonds is 7. The van der Waals surface area contributed by atoms with Crippen LogP contribution >= 0.6 is 11.8 Å². The third kappa shape index (κ3) is 4.41. The molecule has 1 N–H and O–H groups in total. The van der Waals surface area contributed by atoms with Gasteiger partial charge in [0.1, 0.15) is 18.1 Å². The van der Waals surface area contributed by atoms with Gasteiger partial charge in [-0.25, -0.2) is 0 Å². The maximum Gasteiger partial charge on any atom is 0.276 e. The van der Waals surface area contributed by atoms with Gasteiger partial charge in [0.25, 0.3) is 11.1 Å². The molecular weight excluding hydrogens is 342 g/mol. The summed E-state index contributed by atoms with van der Waals surface area (Å²) in [5, 5.41) is 27.0. The molecule has 1 atom stereocenters. The quantitative estimate of drug-likeness (QED) is 0.643. The predicted molar refractivity (Wildman–Crippen MR) is 90.1 cm³/mol. The fraction of sp³-hybridized carbons (Fsp3) is 0.235. The summed E-state index contributed by atoms with van der Waals surface area (Å²) in [5.41, 5.74) is 1.31. The van der Waals surface area contributed by atoms with Crippen molar-refractivity contribution in [3.8, 4) is 23.3 Å². The summed E-state index contributed by atoms with van der Waals surface area (Å²) < 4.78 is 16.2. The van der Waals surface area contributed by atoms with Crippen molar-refractivity contribution in [3.63, 3.8) is 0 Å². The van der Waals surface area contributed by atoms with Crippen LogP contribution in [0.5, 0.6) is 5.75 Å². The summed E-state index contributed by atoms with van der Waals surface area (Å²) in [6.07, 6.45) is 0.859. The molecule has 3 aromatic rings. The van der Waals surface area contributed by atoms with E-state index < -0.39 is 6.10 Å². The minimum Gasteiger partial charge on any atom is -0.491 e. The fourth-order valence-electron chi connectivity index (χ4n) is 2.02. The van der Waals surface area contributed by atoms with Gasteiger partial charge in [0.2, 0.25) is 0 Å². The molecule has 0 aliphatic heterocycles. The van der Waals surface area contributed by atoms with Crippen LogP contribution in [0.25, 0.3) is 11.5 Å². The lowest BCUT2D eigenvalue weighted by Gasteiger charge is -2.10. The zero-order valence-corrected chi connectivity index (χ0v) is 14.2. The highest BCUT2D eigenvalue weighted by Crippen LogP contribution is 2.26. The summed E-state index contributed by atoms with van der Waals surface area (Å²) in [4.78, 5) is 0. The van der Waals surface area contributed by atoms with Crippen molar-refractivity contribution < 1.29 is 18.7 Å². The first-order valence-corrected chi connectivity index (χ1v) is 8.46.